The Hall–Kier alpha value is -2.97. The third-order valence-electron chi connectivity index (χ3n) is 8.21. The van der Waals surface area contributed by atoms with E-state index in [1.165, 1.54) is 36.4 Å². The monoisotopic (exact) mass is 727 g/mol. The predicted octanol–water partition coefficient (Wildman–Crippen LogP) is 6.61. The van der Waals surface area contributed by atoms with Gasteiger partial charge in [-0.1, -0.05) is 60.7 Å². The van der Waals surface area contributed by atoms with Gasteiger partial charge < -0.3 is 4.74 Å². The van der Waals surface area contributed by atoms with Crippen LogP contribution in [0.15, 0.2) is 100 Å². The SMILES string of the molecule is O=S(=O)(c1ccc(F)c(Br)c1)[C@H]1CN(Cc2ccccc2)C[C@@H]1c1ccc(C([SiH3])(OCc2c(F)cccc2F)C(F)(F)F)cc1. The smallest absolute Gasteiger partial charge is 0.361 e. The first-order valence-electron chi connectivity index (χ1n) is 13.9. The largest absolute Gasteiger partial charge is 0.417 e. The standard InChI is InChI=1S/C32H28BrF6NO3SSi/c33-26-15-23(13-14-29(26)36)44(41,42)30-18-40(16-20-5-2-1-3-6-20)17-24(30)21-9-11-22(12-10-21)31(45,32(37,38)39)43-19-25-27(34)7-4-8-28(25)35/h1-15,24,30H,16-19H2,45H3/t24-,30+,31?/m1/s1. The van der Waals surface area contributed by atoms with Gasteiger partial charge in [0.2, 0.25) is 0 Å². The predicted molar refractivity (Wildman–Crippen MR) is 165 cm³/mol. The summed E-state index contributed by atoms with van der Waals surface area (Å²) in [5, 5.41) is -3.77. The van der Waals surface area contributed by atoms with E-state index in [2.05, 4.69) is 15.9 Å². The van der Waals surface area contributed by atoms with E-state index in [0.717, 1.165) is 29.8 Å². The summed E-state index contributed by atoms with van der Waals surface area (Å²) in [4.78, 5) is 1.89. The fourth-order valence-electron chi connectivity index (χ4n) is 5.55. The zero-order valence-corrected chi connectivity index (χ0v) is 28.3. The Morgan fingerprint density at radius 2 is 1.49 bits per heavy atom. The summed E-state index contributed by atoms with van der Waals surface area (Å²) >= 11 is 3.05. The molecule has 0 N–H and O–H groups in total. The molecule has 0 saturated carbocycles. The van der Waals surface area contributed by atoms with E-state index in [4.69, 9.17) is 4.74 Å². The molecule has 4 aromatic rings. The lowest BCUT2D eigenvalue weighted by Crippen LogP contribution is -2.45. The summed E-state index contributed by atoms with van der Waals surface area (Å²) in [6.07, 6.45) is -4.90. The molecule has 0 amide bonds. The van der Waals surface area contributed by atoms with Crippen molar-refractivity contribution in [1.29, 1.82) is 0 Å². The van der Waals surface area contributed by atoms with Crippen LogP contribution in [0.3, 0.4) is 0 Å². The summed E-state index contributed by atoms with van der Waals surface area (Å²) in [5.74, 6) is -3.27. The Kier molecular flexibility index (Phi) is 9.67. The maximum absolute atomic E-state index is 14.4. The van der Waals surface area contributed by atoms with Crippen molar-refractivity contribution < 1.29 is 39.5 Å². The lowest BCUT2D eigenvalue weighted by molar-refractivity contribution is -0.251. The molecular weight excluding hydrogens is 700 g/mol. The molecule has 13 heteroatoms. The minimum Gasteiger partial charge on any atom is -0.361 e. The van der Waals surface area contributed by atoms with Gasteiger partial charge in [0.25, 0.3) is 0 Å². The fourth-order valence-corrected chi connectivity index (χ4v) is 8.53. The zero-order chi connectivity index (χ0) is 32.6. The van der Waals surface area contributed by atoms with E-state index in [0.29, 0.717) is 18.7 Å². The van der Waals surface area contributed by atoms with Crippen LogP contribution in [0.4, 0.5) is 26.3 Å². The lowest BCUT2D eigenvalue weighted by atomic mass is 9.95. The number of sulfone groups is 1. The number of hydrogen-bond donors (Lipinski definition) is 0. The van der Waals surface area contributed by atoms with Gasteiger partial charge in [0.15, 0.2) is 15.1 Å². The van der Waals surface area contributed by atoms with Crippen molar-refractivity contribution in [3.05, 3.63) is 135 Å². The van der Waals surface area contributed by atoms with Crippen LogP contribution >= 0.6 is 15.9 Å². The number of hydrogen-bond acceptors (Lipinski definition) is 4. The highest BCUT2D eigenvalue weighted by Gasteiger charge is 2.53. The van der Waals surface area contributed by atoms with Gasteiger partial charge in [-0.15, -0.1) is 0 Å². The Morgan fingerprint density at radius 3 is 2.09 bits per heavy atom. The molecule has 1 fully saturated rings. The Labute approximate surface area is 268 Å². The number of rotatable bonds is 9. The molecule has 1 saturated heterocycles. The number of nitrogens with zero attached hydrogens (tertiary/aromatic N) is 1. The van der Waals surface area contributed by atoms with Gasteiger partial charge in [0.1, 0.15) is 17.5 Å². The Bertz CT molecular complexity index is 1760. The van der Waals surface area contributed by atoms with Crippen LogP contribution in [-0.2, 0) is 33.0 Å². The summed E-state index contributed by atoms with van der Waals surface area (Å²) in [7, 11) is -4.62. The molecule has 0 spiro atoms. The first kappa shape index (κ1) is 33.4. The second-order valence-electron chi connectivity index (χ2n) is 11.1. The maximum atomic E-state index is 14.4. The van der Waals surface area contributed by atoms with E-state index in [9.17, 15) is 34.8 Å². The van der Waals surface area contributed by atoms with Crippen molar-refractivity contribution in [2.24, 2.45) is 0 Å². The third kappa shape index (κ3) is 6.92. The van der Waals surface area contributed by atoms with Crippen molar-refractivity contribution in [2.75, 3.05) is 13.1 Å². The van der Waals surface area contributed by atoms with Crippen molar-refractivity contribution >= 4 is 36.0 Å². The molecule has 4 aromatic carbocycles. The quantitative estimate of drug-likeness (QED) is 0.111. The molecule has 0 bridgehead atoms. The number of alkyl halides is 3. The molecule has 0 radical (unpaired) electrons. The van der Waals surface area contributed by atoms with E-state index < -0.39 is 72.3 Å². The van der Waals surface area contributed by atoms with Gasteiger partial charge in [0.05, 0.1) is 31.5 Å². The molecule has 5 rings (SSSR count). The molecule has 1 heterocycles. The van der Waals surface area contributed by atoms with Crippen LogP contribution in [0.25, 0.3) is 0 Å². The maximum Gasteiger partial charge on any atom is 0.417 e. The molecule has 1 unspecified atom stereocenters. The minimum atomic E-state index is -4.90. The van der Waals surface area contributed by atoms with E-state index in [1.807, 2.05) is 35.2 Å². The van der Waals surface area contributed by atoms with Crippen LogP contribution < -0.4 is 0 Å². The average Bonchev–Trinajstić information content (AvgIpc) is 3.43. The number of ether oxygens (including phenoxy) is 1. The van der Waals surface area contributed by atoms with Gasteiger partial charge in [-0.3, -0.25) is 4.90 Å². The van der Waals surface area contributed by atoms with E-state index in [1.54, 1.807) is 0 Å². The van der Waals surface area contributed by atoms with Gasteiger partial charge in [-0.2, -0.15) is 13.2 Å². The second kappa shape index (κ2) is 13.0. The van der Waals surface area contributed by atoms with Crippen LogP contribution in [0, 0.1) is 17.5 Å². The summed E-state index contributed by atoms with van der Waals surface area (Å²) in [6, 6.07) is 21.2. The normalized spacial score (nSPS) is 19.1. The average molecular weight is 729 g/mol. The van der Waals surface area contributed by atoms with Crippen molar-refractivity contribution in [2.45, 2.75) is 40.6 Å². The molecule has 1 aliphatic heterocycles. The van der Waals surface area contributed by atoms with Gasteiger partial charge in [-0.05, 0) is 63.0 Å². The summed E-state index contributed by atoms with van der Waals surface area (Å²) in [5.41, 5.74) is 0.589. The molecule has 0 aliphatic carbocycles. The van der Waals surface area contributed by atoms with E-state index >= 15 is 0 Å². The molecule has 0 aromatic heterocycles. The molecular formula is C32H28BrF6NO3SSi. The second-order valence-corrected chi connectivity index (χ2v) is 15.5. The number of halogens is 7. The first-order valence-corrected chi connectivity index (χ1v) is 17.2. The molecule has 4 nitrogen and oxygen atoms in total. The topological polar surface area (TPSA) is 46.6 Å². The Balaban J connectivity index is 1.47. The highest BCUT2D eigenvalue weighted by atomic mass is 79.9. The Morgan fingerprint density at radius 1 is 0.844 bits per heavy atom. The van der Waals surface area contributed by atoms with Crippen LogP contribution in [-0.4, -0.2) is 48.1 Å². The number of likely N-dealkylation sites (tertiary alicyclic amines) is 1. The highest BCUT2D eigenvalue weighted by molar-refractivity contribution is 9.10. The minimum absolute atomic E-state index is 0.00511. The van der Waals surface area contributed by atoms with Gasteiger partial charge in [-0.25, -0.2) is 21.6 Å². The van der Waals surface area contributed by atoms with Crippen molar-refractivity contribution in [3.8, 4) is 0 Å². The zero-order valence-electron chi connectivity index (χ0n) is 23.9. The lowest BCUT2D eigenvalue weighted by Gasteiger charge is -2.33. The van der Waals surface area contributed by atoms with Crippen LogP contribution in [0.5, 0.6) is 0 Å². The first-order chi connectivity index (χ1) is 21.2. The van der Waals surface area contributed by atoms with Crippen LogP contribution in [0.2, 0.25) is 0 Å². The van der Waals surface area contributed by atoms with Crippen molar-refractivity contribution in [1.82, 2.24) is 4.90 Å². The van der Waals surface area contributed by atoms with E-state index in [-0.39, 0.29) is 21.5 Å². The molecule has 45 heavy (non-hydrogen) atoms. The molecule has 3 atom stereocenters. The van der Waals surface area contributed by atoms with Crippen molar-refractivity contribution in [3.63, 3.8) is 0 Å². The van der Waals surface area contributed by atoms with Crippen LogP contribution in [0.1, 0.15) is 28.2 Å². The fraction of sp³-hybridized carbons (Fsp3) is 0.250. The summed E-state index contributed by atoms with van der Waals surface area (Å²) in [6.45, 7) is -0.0430. The number of benzene rings is 4. The molecule has 1 aliphatic rings. The highest BCUT2D eigenvalue weighted by Crippen LogP contribution is 2.42. The summed E-state index contributed by atoms with van der Waals surface area (Å²) < 4.78 is 119. The van der Waals surface area contributed by atoms with Gasteiger partial charge >= 0.3 is 6.18 Å². The third-order valence-corrected chi connectivity index (χ3v) is 12.4. The van der Waals surface area contributed by atoms with Gasteiger partial charge in [0, 0.05) is 31.1 Å². The molecule has 238 valence electrons.